The van der Waals surface area contributed by atoms with Gasteiger partial charge in [0.1, 0.15) is 4.32 Å². The summed E-state index contributed by atoms with van der Waals surface area (Å²) in [7, 11) is 1.50. The summed E-state index contributed by atoms with van der Waals surface area (Å²) in [6, 6.07) is 5.16. The van der Waals surface area contributed by atoms with Gasteiger partial charge in [0.15, 0.2) is 18.1 Å². The van der Waals surface area contributed by atoms with E-state index in [4.69, 9.17) is 26.8 Å². The normalized spacial score (nSPS) is 17.9. The number of carboxylic acids is 1. The molecule has 0 aliphatic carbocycles. The number of methoxy groups -OCH3 is 1. The van der Waals surface area contributed by atoms with Gasteiger partial charge in [-0.2, -0.15) is 0 Å². The highest BCUT2D eigenvalue weighted by Crippen LogP contribution is 2.34. The number of rotatable bonds is 8. The van der Waals surface area contributed by atoms with Gasteiger partial charge >= 0.3 is 5.97 Å². The summed E-state index contributed by atoms with van der Waals surface area (Å²) in [5.74, 6) is -0.462. The van der Waals surface area contributed by atoms with Gasteiger partial charge in [0.05, 0.1) is 18.4 Å². The summed E-state index contributed by atoms with van der Waals surface area (Å²) in [5.41, 5.74) is 0.699. The van der Waals surface area contributed by atoms with E-state index in [-0.39, 0.29) is 31.4 Å². The Balaban J connectivity index is 1.66. The summed E-state index contributed by atoms with van der Waals surface area (Å²) in [5, 5.41) is 8.83. The SMILES string of the molecule is COc1cc(/C=C2/SC(=S)N(CCC(=O)O)C2=O)ccc1OCC(=O)N1CCCCC1. The molecular formula is C21H24N2O6S2. The molecule has 2 fully saturated rings. The van der Waals surface area contributed by atoms with Gasteiger partial charge in [0.25, 0.3) is 11.8 Å². The minimum atomic E-state index is -0.989. The number of nitrogens with zero attached hydrogens (tertiary/aromatic N) is 2. The van der Waals surface area contributed by atoms with Crippen molar-refractivity contribution in [3.63, 3.8) is 0 Å². The van der Waals surface area contributed by atoms with Crippen molar-refractivity contribution in [2.24, 2.45) is 0 Å². The van der Waals surface area contributed by atoms with Crippen molar-refractivity contribution < 1.29 is 29.0 Å². The lowest BCUT2D eigenvalue weighted by Gasteiger charge is -2.26. The highest BCUT2D eigenvalue weighted by Gasteiger charge is 2.32. The van der Waals surface area contributed by atoms with Crippen LogP contribution >= 0.6 is 24.0 Å². The Kier molecular flexibility index (Phi) is 7.91. The van der Waals surface area contributed by atoms with Crippen molar-refractivity contribution in [2.75, 3.05) is 33.4 Å². The van der Waals surface area contributed by atoms with Crippen LogP contribution in [0.3, 0.4) is 0 Å². The third-order valence-electron chi connectivity index (χ3n) is 4.97. The molecule has 0 bridgehead atoms. The van der Waals surface area contributed by atoms with Crippen molar-refractivity contribution in [2.45, 2.75) is 25.7 Å². The maximum Gasteiger partial charge on any atom is 0.305 e. The molecule has 0 spiro atoms. The molecule has 10 heteroatoms. The molecule has 1 aromatic rings. The lowest BCUT2D eigenvalue weighted by molar-refractivity contribution is -0.137. The number of thioether (sulfide) groups is 1. The maximum absolute atomic E-state index is 12.5. The predicted octanol–water partition coefficient (Wildman–Crippen LogP) is 2.76. The summed E-state index contributed by atoms with van der Waals surface area (Å²) < 4.78 is 11.4. The number of thiocarbonyl (C=S) groups is 1. The minimum Gasteiger partial charge on any atom is -0.493 e. The quantitative estimate of drug-likeness (QED) is 0.463. The first-order valence-electron chi connectivity index (χ1n) is 9.95. The average Bonchev–Trinajstić information content (AvgIpc) is 3.03. The third-order valence-corrected chi connectivity index (χ3v) is 6.35. The fourth-order valence-corrected chi connectivity index (χ4v) is 4.63. The molecule has 2 saturated heterocycles. The van der Waals surface area contributed by atoms with E-state index in [0.29, 0.717) is 26.3 Å². The van der Waals surface area contributed by atoms with Gasteiger partial charge in [-0.15, -0.1) is 0 Å². The van der Waals surface area contributed by atoms with E-state index in [9.17, 15) is 14.4 Å². The molecule has 8 nitrogen and oxygen atoms in total. The van der Waals surface area contributed by atoms with Crippen LogP contribution in [-0.2, 0) is 14.4 Å². The molecule has 1 aromatic carbocycles. The fraction of sp³-hybridized carbons (Fsp3) is 0.429. The molecule has 31 heavy (non-hydrogen) atoms. The number of piperidine rings is 1. The molecule has 0 aromatic heterocycles. The summed E-state index contributed by atoms with van der Waals surface area (Å²) in [4.78, 5) is 39.2. The number of benzene rings is 1. The molecule has 2 amide bonds. The van der Waals surface area contributed by atoms with Crippen molar-refractivity contribution in [3.05, 3.63) is 28.7 Å². The van der Waals surface area contributed by atoms with E-state index in [2.05, 4.69) is 0 Å². The number of carboxylic acid groups (broad SMARTS) is 1. The average molecular weight is 465 g/mol. The van der Waals surface area contributed by atoms with Crippen LogP contribution < -0.4 is 9.47 Å². The number of carbonyl (C=O) groups excluding carboxylic acids is 2. The Morgan fingerprint density at radius 1 is 1.23 bits per heavy atom. The van der Waals surface area contributed by atoms with Crippen LogP contribution in [-0.4, -0.2) is 70.4 Å². The fourth-order valence-electron chi connectivity index (χ4n) is 3.32. The number of carbonyl (C=O) groups is 3. The monoisotopic (exact) mass is 464 g/mol. The zero-order valence-electron chi connectivity index (χ0n) is 17.2. The molecule has 0 unspecified atom stereocenters. The first-order valence-corrected chi connectivity index (χ1v) is 11.2. The van der Waals surface area contributed by atoms with Gasteiger partial charge in [-0.05, 0) is 43.0 Å². The molecule has 3 rings (SSSR count). The van der Waals surface area contributed by atoms with Gasteiger partial charge in [0, 0.05) is 19.6 Å². The molecule has 2 aliphatic rings. The number of amides is 2. The summed E-state index contributed by atoms with van der Waals surface area (Å²) in [6.45, 7) is 1.52. The van der Waals surface area contributed by atoms with Crippen LogP contribution in [0.5, 0.6) is 11.5 Å². The number of hydrogen-bond acceptors (Lipinski definition) is 7. The maximum atomic E-state index is 12.5. The van der Waals surface area contributed by atoms with Crippen LogP contribution in [0.2, 0.25) is 0 Å². The van der Waals surface area contributed by atoms with Gasteiger partial charge in [-0.1, -0.05) is 30.0 Å². The Morgan fingerprint density at radius 2 is 1.97 bits per heavy atom. The van der Waals surface area contributed by atoms with Gasteiger partial charge < -0.3 is 19.5 Å². The Morgan fingerprint density at radius 3 is 2.65 bits per heavy atom. The zero-order chi connectivity index (χ0) is 22.4. The molecule has 2 aliphatic heterocycles. The molecule has 0 saturated carbocycles. The Bertz CT molecular complexity index is 911. The zero-order valence-corrected chi connectivity index (χ0v) is 18.8. The van der Waals surface area contributed by atoms with E-state index in [0.717, 1.165) is 44.1 Å². The van der Waals surface area contributed by atoms with Crippen LogP contribution in [0.1, 0.15) is 31.2 Å². The molecule has 0 radical (unpaired) electrons. The van der Waals surface area contributed by atoms with Crippen molar-refractivity contribution in [1.82, 2.24) is 9.80 Å². The van der Waals surface area contributed by atoms with Crippen molar-refractivity contribution >= 4 is 52.2 Å². The van der Waals surface area contributed by atoms with Gasteiger partial charge in [-0.3, -0.25) is 19.3 Å². The number of aliphatic carboxylic acids is 1. The molecular weight excluding hydrogens is 440 g/mol. The lowest BCUT2D eigenvalue weighted by Crippen LogP contribution is -2.38. The number of likely N-dealkylation sites (tertiary alicyclic amines) is 1. The topological polar surface area (TPSA) is 96.4 Å². The van der Waals surface area contributed by atoms with Crippen molar-refractivity contribution in [1.29, 1.82) is 0 Å². The Labute approximate surface area is 190 Å². The van der Waals surface area contributed by atoms with E-state index in [1.54, 1.807) is 24.3 Å². The van der Waals surface area contributed by atoms with Crippen LogP contribution in [0.4, 0.5) is 0 Å². The highest BCUT2D eigenvalue weighted by atomic mass is 32.2. The predicted molar refractivity (Wildman–Crippen MR) is 121 cm³/mol. The second-order valence-corrected chi connectivity index (χ2v) is 8.79. The molecule has 0 atom stereocenters. The van der Waals surface area contributed by atoms with Crippen LogP contribution in [0, 0.1) is 0 Å². The second kappa shape index (κ2) is 10.6. The lowest BCUT2D eigenvalue weighted by atomic mass is 10.1. The highest BCUT2D eigenvalue weighted by molar-refractivity contribution is 8.26. The molecule has 166 valence electrons. The van der Waals surface area contributed by atoms with E-state index >= 15 is 0 Å². The van der Waals surface area contributed by atoms with Crippen LogP contribution in [0.15, 0.2) is 23.1 Å². The summed E-state index contributed by atoms with van der Waals surface area (Å²) in [6.07, 6.45) is 4.69. The molecule has 1 N–H and O–H groups in total. The van der Waals surface area contributed by atoms with E-state index in [1.807, 2.05) is 4.90 Å². The number of hydrogen-bond donors (Lipinski definition) is 1. The second-order valence-electron chi connectivity index (χ2n) is 7.12. The third kappa shape index (κ3) is 5.98. The smallest absolute Gasteiger partial charge is 0.305 e. The number of ether oxygens (including phenoxy) is 2. The first-order chi connectivity index (χ1) is 14.9. The van der Waals surface area contributed by atoms with E-state index < -0.39 is 5.97 Å². The van der Waals surface area contributed by atoms with Gasteiger partial charge in [-0.25, -0.2) is 0 Å². The van der Waals surface area contributed by atoms with Crippen LogP contribution in [0.25, 0.3) is 6.08 Å². The molecule has 2 heterocycles. The van der Waals surface area contributed by atoms with E-state index in [1.165, 1.54) is 12.0 Å². The standard InChI is InChI=1S/C21H24N2O6S2/c1-28-16-11-14(12-17-20(27)23(21(30)31-17)10-7-19(25)26)5-6-15(16)29-13-18(24)22-8-3-2-4-9-22/h5-6,11-12H,2-4,7-10,13H2,1H3,(H,25,26)/b17-12+. The Hall–Kier alpha value is -2.59. The largest absolute Gasteiger partial charge is 0.493 e. The minimum absolute atomic E-state index is 0.0402. The van der Waals surface area contributed by atoms with Gasteiger partial charge in [0.2, 0.25) is 0 Å². The van der Waals surface area contributed by atoms with Crippen molar-refractivity contribution in [3.8, 4) is 11.5 Å². The first kappa shape index (κ1) is 23.1. The summed E-state index contributed by atoms with van der Waals surface area (Å²) >= 11 is 6.33.